The van der Waals surface area contributed by atoms with Crippen molar-refractivity contribution in [1.29, 1.82) is 0 Å². The molecule has 116 valence electrons. The lowest BCUT2D eigenvalue weighted by molar-refractivity contribution is 0.0993. The maximum absolute atomic E-state index is 12.3. The normalized spacial score (nSPS) is 12.1. The van der Waals surface area contributed by atoms with Crippen LogP contribution in [0.3, 0.4) is 0 Å². The average Bonchev–Trinajstić information content (AvgIpc) is 3.43. The van der Waals surface area contributed by atoms with Crippen molar-refractivity contribution in [2.75, 3.05) is 17.7 Å². The first-order chi connectivity index (χ1) is 10.6. The second kappa shape index (κ2) is 7.61. The van der Waals surface area contributed by atoms with E-state index in [1.165, 1.54) is 19.3 Å². The van der Waals surface area contributed by atoms with Crippen LogP contribution in [-0.2, 0) is 6.54 Å². The molecule has 0 unspecified atom stereocenters. The standard InChI is InChI=1S/C15H17N3O.C3H6/c1-18(14-8-2-11(10-16)3-9-14)15(19)12-4-6-13(17)7-5-12;1-2-3-1/h2-9H,10,16-17H2,1H3;1-3H2. The fourth-order valence-electron chi connectivity index (χ4n) is 1.79. The van der Waals surface area contributed by atoms with Crippen LogP contribution in [0.15, 0.2) is 48.5 Å². The molecule has 0 aliphatic heterocycles. The highest BCUT2D eigenvalue weighted by atomic mass is 16.2. The number of carbonyl (C=O) groups excluding carboxylic acids is 1. The molecule has 1 aliphatic rings. The Morgan fingerprint density at radius 1 is 1.00 bits per heavy atom. The summed E-state index contributed by atoms with van der Waals surface area (Å²) in [7, 11) is 1.75. The van der Waals surface area contributed by atoms with Crippen molar-refractivity contribution in [3.63, 3.8) is 0 Å². The van der Waals surface area contributed by atoms with Crippen LogP contribution in [0.4, 0.5) is 11.4 Å². The summed E-state index contributed by atoms with van der Waals surface area (Å²) in [6.07, 6.45) is 4.50. The third-order valence-electron chi connectivity index (χ3n) is 3.38. The van der Waals surface area contributed by atoms with Crippen LogP contribution in [0, 0.1) is 0 Å². The Labute approximate surface area is 131 Å². The van der Waals surface area contributed by atoms with Gasteiger partial charge < -0.3 is 16.4 Å². The third kappa shape index (κ3) is 4.60. The van der Waals surface area contributed by atoms with Gasteiger partial charge in [-0.1, -0.05) is 31.4 Å². The molecule has 4 nitrogen and oxygen atoms in total. The first-order valence-corrected chi connectivity index (χ1v) is 7.54. The summed E-state index contributed by atoms with van der Waals surface area (Å²) >= 11 is 0. The Hall–Kier alpha value is -2.33. The molecule has 0 heterocycles. The van der Waals surface area contributed by atoms with Crippen LogP contribution >= 0.6 is 0 Å². The molecular weight excluding hydrogens is 274 g/mol. The van der Waals surface area contributed by atoms with Crippen molar-refractivity contribution in [3.05, 3.63) is 59.7 Å². The first-order valence-electron chi connectivity index (χ1n) is 7.54. The van der Waals surface area contributed by atoms with E-state index in [4.69, 9.17) is 11.5 Å². The van der Waals surface area contributed by atoms with E-state index < -0.39 is 0 Å². The summed E-state index contributed by atoms with van der Waals surface area (Å²) in [5.74, 6) is -0.0690. The average molecular weight is 297 g/mol. The number of benzene rings is 2. The number of amides is 1. The molecule has 0 radical (unpaired) electrons. The van der Waals surface area contributed by atoms with Gasteiger partial charge in [0.2, 0.25) is 0 Å². The summed E-state index contributed by atoms with van der Waals surface area (Å²) in [5.41, 5.74) is 14.3. The van der Waals surface area contributed by atoms with Crippen molar-refractivity contribution in [2.24, 2.45) is 5.73 Å². The van der Waals surface area contributed by atoms with Crippen LogP contribution in [0.2, 0.25) is 0 Å². The number of hydrogen-bond donors (Lipinski definition) is 2. The Morgan fingerprint density at radius 3 is 2.00 bits per heavy atom. The zero-order valence-corrected chi connectivity index (χ0v) is 13.0. The van der Waals surface area contributed by atoms with Crippen LogP contribution in [0.1, 0.15) is 35.2 Å². The highest BCUT2D eigenvalue weighted by Gasteiger charge is 2.12. The largest absolute Gasteiger partial charge is 0.399 e. The Kier molecular flexibility index (Phi) is 5.55. The maximum Gasteiger partial charge on any atom is 0.258 e. The zero-order valence-electron chi connectivity index (χ0n) is 13.0. The molecule has 3 rings (SSSR count). The summed E-state index contributed by atoms with van der Waals surface area (Å²) < 4.78 is 0. The Bertz CT molecular complexity index is 600. The quantitative estimate of drug-likeness (QED) is 0.855. The van der Waals surface area contributed by atoms with Crippen LogP contribution in [0.25, 0.3) is 0 Å². The lowest BCUT2D eigenvalue weighted by atomic mass is 10.1. The smallest absolute Gasteiger partial charge is 0.258 e. The third-order valence-corrected chi connectivity index (χ3v) is 3.38. The molecule has 0 saturated heterocycles. The van der Waals surface area contributed by atoms with Crippen molar-refractivity contribution in [1.82, 2.24) is 0 Å². The molecule has 0 aromatic heterocycles. The van der Waals surface area contributed by atoms with Gasteiger partial charge in [0.1, 0.15) is 0 Å². The number of rotatable bonds is 3. The molecule has 4 N–H and O–H groups in total. The van der Waals surface area contributed by atoms with E-state index >= 15 is 0 Å². The second-order valence-electron chi connectivity index (χ2n) is 5.42. The summed E-state index contributed by atoms with van der Waals surface area (Å²) in [6.45, 7) is 0.496. The molecule has 0 bridgehead atoms. The zero-order chi connectivity index (χ0) is 15.9. The number of nitrogen functional groups attached to an aromatic ring is 1. The minimum Gasteiger partial charge on any atom is -0.399 e. The van der Waals surface area contributed by atoms with E-state index in [1.807, 2.05) is 24.3 Å². The van der Waals surface area contributed by atoms with Crippen molar-refractivity contribution in [3.8, 4) is 0 Å². The highest BCUT2D eigenvalue weighted by Crippen LogP contribution is 2.17. The minimum absolute atomic E-state index is 0.0690. The van der Waals surface area contributed by atoms with Gasteiger partial charge in [-0.25, -0.2) is 0 Å². The van der Waals surface area contributed by atoms with Gasteiger partial charge in [0.15, 0.2) is 0 Å². The lowest BCUT2D eigenvalue weighted by Crippen LogP contribution is -2.26. The van der Waals surface area contributed by atoms with Crippen molar-refractivity contribution < 1.29 is 4.79 Å². The van der Waals surface area contributed by atoms with Crippen molar-refractivity contribution in [2.45, 2.75) is 25.8 Å². The van der Waals surface area contributed by atoms with E-state index in [-0.39, 0.29) is 5.91 Å². The Morgan fingerprint density at radius 2 is 1.55 bits per heavy atom. The number of anilines is 2. The molecule has 0 atom stereocenters. The van der Waals surface area contributed by atoms with E-state index in [2.05, 4.69) is 0 Å². The summed E-state index contributed by atoms with van der Waals surface area (Å²) in [5, 5.41) is 0. The monoisotopic (exact) mass is 297 g/mol. The maximum atomic E-state index is 12.3. The molecule has 22 heavy (non-hydrogen) atoms. The van der Waals surface area contributed by atoms with Gasteiger partial charge in [-0.15, -0.1) is 0 Å². The van der Waals surface area contributed by atoms with E-state index in [9.17, 15) is 4.79 Å². The van der Waals surface area contributed by atoms with Gasteiger partial charge in [-0.2, -0.15) is 0 Å². The highest BCUT2D eigenvalue weighted by molar-refractivity contribution is 6.05. The topological polar surface area (TPSA) is 72.3 Å². The van der Waals surface area contributed by atoms with E-state index in [0.717, 1.165) is 11.3 Å². The molecular formula is C18H23N3O. The van der Waals surface area contributed by atoms with Crippen LogP contribution in [0.5, 0.6) is 0 Å². The fraction of sp³-hybridized carbons (Fsp3) is 0.278. The van der Waals surface area contributed by atoms with Gasteiger partial charge >= 0.3 is 0 Å². The molecule has 1 saturated carbocycles. The summed E-state index contributed by atoms with van der Waals surface area (Å²) in [4.78, 5) is 13.9. The molecule has 1 fully saturated rings. The number of nitrogens with two attached hydrogens (primary N) is 2. The van der Waals surface area contributed by atoms with Crippen molar-refractivity contribution >= 4 is 17.3 Å². The van der Waals surface area contributed by atoms with Gasteiger partial charge in [0.05, 0.1) is 0 Å². The summed E-state index contributed by atoms with van der Waals surface area (Å²) in [6, 6.07) is 14.5. The van der Waals surface area contributed by atoms with Gasteiger partial charge in [-0.3, -0.25) is 4.79 Å². The minimum atomic E-state index is -0.0690. The molecule has 1 aliphatic carbocycles. The van der Waals surface area contributed by atoms with E-state index in [0.29, 0.717) is 17.8 Å². The number of carbonyl (C=O) groups is 1. The number of nitrogens with zero attached hydrogens (tertiary/aromatic N) is 1. The molecule has 4 heteroatoms. The molecule has 0 spiro atoms. The lowest BCUT2D eigenvalue weighted by Gasteiger charge is -2.17. The molecule has 2 aromatic rings. The predicted octanol–water partition coefficient (Wildman–Crippen LogP) is 3.17. The molecule has 1 amide bonds. The Balaban J connectivity index is 0.000000523. The predicted molar refractivity (Wildman–Crippen MR) is 91.8 cm³/mol. The molecule has 2 aromatic carbocycles. The fourth-order valence-corrected chi connectivity index (χ4v) is 1.79. The van der Waals surface area contributed by atoms with Gasteiger partial charge in [0.25, 0.3) is 5.91 Å². The van der Waals surface area contributed by atoms with E-state index in [1.54, 1.807) is 36.2 Å². The van der Waals surface area contributed by atoms with Gasteiger partial charge in [0, 0.05) is 30.5 Å². The van der Waals surface area contributed by atoms with Crippen LogP contribution < -0.4 is 16.4 Å². The van der Waals surface area contributed by atoms with Gasteiger partial charge in [-0.05, 0) is 42.0 Å². The first kappa shape index (κ1) is 16.0. The van der Waals surface area contributed by atoms with Crippen LogP contribution in [-0.4, -0.2) is 13.0 Å². The number of hydrogen-bond acceptors (Lipinski definition) is 3. The SMILES string of the molecule is C1CC1.CN(C(=O)c1ccc(N)cc1)c1ccc(CN)cc1. The second-order valence-corrected chi connectivity index (χ2v) is 5.42.